The van der Waals surface area contributed by atoms with Crippen LogP contribution in [0.25, 0.3) is 0 Å². The molecule has 5 heteroatoms. The van der Waals surface area contributed by atoms with Crippen molar-refractivity contribution in [2.24, 2.45) is 0 Å². The third kappa shape index (κ3) is 21.4. The molecule has 0 radical (unpaired) electrons. The third-order valence-electron chi connectivity index (χ3n) is 4.56. The lowest BCUT2D eigenvalue weighted by Gasteiger charge is -2.05. The average Bonchev–Trinajstić information content (AvgIpc) is 2.66. The van der Waals surface area contributed by atoms with Crippen LogP contribution in [0.2, 0.25) is 0 Å². The molecule has 0 aromatic carbocycles. The Morgan fingerprint density at radius 1 is 0.593 bits per heavy atom. The molecule has 0 aromatic heterocycles. The molecule has 0 rings (SSSR count). The van der Waals surface area contributed by atoms with Gasteiger partial charge in [-0.25, -0.2) is 0 Å². The predicted octanol–water partition coefficient (Wildman–Crippen LogP) is 6.57. The molecule has 4 nitrogen and oxygen atoms in total. The zero-order chi connectivity index (χ0) is 20.0. The van der Waals surface area contributed by atoms with Crippen LogP contribution in [-0.2, 0) is 19.1 Å². The molecular formula is C22H41ClO4. The third-order valence-corrected chi connectivity index (χ3v) is 4.83. The van der Waals surface area contributed by atoms with Gasteiger partial charge in [0.05, 0.1) is 13.2 Å². The van der Waals surface area contributed by atoms with E-state index in [9.17, 15) is 9.59 Å². The van der Waals surface area contributed by atoms with E-state index >= 15 is 0 Å². The van der Waals surface area contributed by atoms with Crippen molar-refractivity contribution >= 4 is 23.5 Å². The highest BCUT2D eigenvalue weighted by Crippen LogP contribution is 2.10. The van der Waals surface area contributed by atoms with Crippen LogP contribution < -0.4 is 0 Å². The maximum Gasteiger partial charge on any atom is 0.305 e. The van der Waals surface area contributed by atoms with Crippen molar-refractivity contribution in [2.75, 3.05) is 19.1 Å². The van der Waals surface area contributed by atoms with E-state index in [1.807, 2.05) is 0 Å². The highest BCUT2D eigenvalue weighted by molar-refractivity contribution is 6.17. The summed E-state index contributed by atoms with van der Waals surface area (Å²) in [6, 6.07) is 0. The first-order valence-electron chi connectivity index (χ1n) is 11.1. The van der Waals surface area contributed by atoms with Gasteiger partial charge >= 0.3 is 11.9 Å². The van der Waals surface area contributed by atoms with Gasteiger partial charge in [0.15, 0.2) is 0 Å². The van der Waals surface area contributed by atoms with E-state index in [0.29, 0.717) is 26.1 Å². The number of unbranched alkanes of at least 4 members (excludes halogenated alkanes) is 11. The summed E-state index contributed by atoms with van der Waals surface area (Å²) in [5, 5.41) is 0. The molecule has 0 fully saturated rings. The lowest BCUT2D eigenvalue weighted by atomic mass is 10.1. The number of halogens is 1. The summed E-state index contributed by atoms with van der Waals surface area (Å²) in [6.45, 7) is 3.20. The van der Waals surface area contributed by atoms with Crippen LogP contribution in [-0.4, -0.2) is 31.0 Å². The largest absolute Gasteiger partial charge is 0.466 e. The molecule has 0 N–H and O–H groups in total. The molecule has 0 unspecified atom stereocenters. The molecule has 0 heterocycles. The second-order valence-electron chi connectivity index (χ2n) is 7.23. The minimum absolute atomic E-state index is 0.0630. The number of hydrogen-bond acceptors (Lipinski definition) is 4. The Hall–Kier alpha value is -0.770. The van der Waals surface area contributed by atoms with E-state index in [1.165, 1.54) is 19.3 Å². The smallest absolute Gasteiger partial charge is 0.305 e. The topological polar surface area (TPSA) is 52.6 Å². The van der Waals surface area contributed by atoms with Gasteiger partial charge in [0.1, 0.15) is 0 Å². The normalized spacial score (nSPS) is 10.7. The molecule has 0 aromatic rings. The molecule has 0 aliphatic carbocycles. The van der Waals surface area contributed by atoms with Crippen LogP contribution in [0.3, 0.4) is 0 Å². The van der Waals surface area contributed by atoms with Gasteiger partial charge < -0.3 is 9.47 Å². The summed E-state index contributed by atoms with van der Waals surface area (Å²) in [5.41, 5.74) is 0. The van der Waals surface area contributed by atoms with Gasteiger partial charge in [0.25, 0.3) is 0 Å². The van der Waals surface area contributed by atoms with Gasteiger partial charge in [-0.1, -0.05) is 64.7 Å². The van der Waals surface area contributed by atoms with Crippen LogP contribution in [0, 0.1) is 0 Å². The second-order valence-corrected chi connectivity index (χ2v) is 7.60. The highest BCUT2D eigenvalue weighted by Gasteiger charge is 2.04. The SMILES string of the molecule is CCCCOC(=O)CCCCCCCCC(=O)OCCCCCCCCCl. The van der Waals surface area contributed by atoms with Gasteiger partial charge in [-0.2, -0.15) is 0 Å². The minimum Gasteiger partial charge on any atom is -0.466 e. The number of ether oxygens (including phenoxy) is 2. The van der Waals surface area contributed by atoms with Crippen molar-refractivity contribution < 1.29 is 19.1 Å². The first-order valence-corrected chi connectivity index (χ1v) is 11.6. The predicted molar refractivity (Wildman–Crippen MR) is 112 cm³/mol. The van der Waals surface area contributed by atoms with Crippen LogP contribution in [0.5, 0.6) is 0 Å². The molecule has 0 aliphatic heterocycles. The molecule has 0 bridgehead atoms. The van der Waals surface area contributed by atoms with Crippen molar-refractivity contribution in [1.82, 2.24) is 0 Å². The Morgan fingerprint density at radius 2 is 1.00 bits per heavy atom. The summed E-state index contributed by atoms with van der Waals surface area (Å²) >= 11 is 5.64. The van der Waals surface area contributed by atoms with E-state index < -0.39 is 0 Å². The molecule has 27 heavy (non-hydrogen) atoms. The first-order chi connectivity index (χ1) is 13.2. The van der Waals surface area contributed by atoms with Crippen LogP contribution in [0.15, 0.2) is 0 Å². The Balaban J connectivity index is 3.24. The fraction of sp³-hybridized carbons (Fsp3) is 0.909. The molecular weight excluding hydrogens is 364 g/mol. The summed E-state index contributed by atoms with van der Waals surface area (Å²) in [4.78, 5) is 23.1. The summed E-state index contributed by atoms with van der Waals surface area (Å²) in [7, 11) is 0. The monoisotopic (exact) mass is 404 g/mol. The Labute approximate surface area is 171 Å². The van der Waals surface area contributed by atoms with Crippen LogP contribution in [0.1, 0.15) is 110 Å². The van der Waals surface area contributed by atoms with Gasteiger partial charge in [0.2, 0.25) is 0 Å². The van der Waals surface area contributed by atoms with Crippen molar-refractivity contribution in [2.45, 2.75) is 110 Å². The number of carbonyl (C=O) groups is 2. The number of rotatable bonds is 20. The fourth-order valence-electron chi connectivity index (χ4n) is 2.81. The molecule has 0 amide bonds. The van der Waals surface area contributed by atoms with Crippen LogP contribution in [0.4, 0.5) is 0 Å². The Morgan fingerprint density at radius 3 is 1.48 bits per heavy atom. The average molecular weight is 405 g/mol. The molecule has 0 spiro atoms. The fourth-order valence-corrected chi connectivity index (χ4v) is 3.00. The standard InChI is InChI=1S/C22H41ClO4/c1-2-3-19-26-21(24)16-12-8-4-5-9-13-17-22(25)27-20-15-11-7-6-10-14-18-23/h2-20H2,1H3. The van der Waals surface area contributed by atoms with Crippen molar-refractivity contribution in [3.63, 3.8) is 0 Å². The van der Waals surface area contributed by atoms with Gasteiger partial charge in [0, 0.05) is 18.7 Å². The van der Waals surface area contributed by atoms with Crippen molar-refractivity contribution in [3.8, 4) is 0 Å². The van der Waals surface area contributed by atoms with Gasteiger partial charge in [-0.15, -0.1) is 11.6 Å². The summed E-state index contributed by atoms with van der Waals surface area (Å²) < 4.78 is 10.4. The first kappa shape index (κ1) is 26.2. The highest BCUT2D eigenvalue weighted by atomic mass is 35.5. The van der Waals surface area contributed by atoms with E-state index in [2.05, 4.69) is 6.92 Å². The lowest BCUT2D eigenvalue weighted by Crippen LogP contribution is -2.05. The number of hydrogen-bond donors (Lipinski definition) is 0. The van der Waals surface area contributed by atoms with Gasteiger partial charge in [-0.05, 0) is 32.1 Å². The van der Waals surface area contributed by atoms with Crippen molar-refractivity contribution in [1.29, 1.82) is 0 Å². The van der Waals surface area contributed by atoms with E-state index in [0.717, 1.165) is 76.5 Å². The molecule has 0 aliphatic rings. The second kappa shape index (κ2) is 21.5. The number of alkyl halides is 1. The maximum atomic E-state index is 11.6. The van der Waals surface area contributed by atoms with E-state index in [4.69, 9.17) is 21.1 Å². The van der Waals surface area contributed by atoms with Crippen molar-refractivity contribution in [3.05, 3.63) is 0 Å². The van der Waals surface area contributed by atoms with E-state index in [-0.39, 0.29) is 11.9 Å². The molecule has 0 atom stereocenters. The van der Waals surface area contributed by atoms with Crippen LogP contribution >= 0.6 is 11.6 Å². The Kier molecular flexibility index (Phi) is 20.9. The lowest BCUT2D eigenvalue weighted by molar-refractivity contribution is -0.144. The van der Waals surface area contributed by atoms with Gasteiger partial charge in [-0.3, -0.25) is 9.59 Å². The zero-order valence-corrected chi connectivity index (χ0v) is 18.2. The molecule has 0 saturated carbocycles. The molecule has 0 saturated heterocycles. The maximum absolute atomic E-state index is 11.6. The van der Waals surface area contributed by atoms with E-state index in [1.54, 1.807) is 0 Å². The Bertz CT molecular complexity index is 347. The number of esters is 2. The molecule has 160 valence electrons. The summed E-state index contributed by atoms with van der Waals surface area (Å²) in [5.74, 6) is 0.624. The zero-order valence-electron chi connectivity index (χ0n) is 17.4. The number of carbonyl (C=O) groups excluding carboxylic acids is 2. The minimum atomic E-state index is -0.0681. The summed E-state index contributed by atoms with van der Waals surface area (Å²) in [6.07, 6.45) is 16.0. The quantitative estimate of drug-likeness (QED) is 0.131.